The van der Waals surface area contributed by atoms with E-state index in [1.807, 2.05) is 6.07 Å². The zero-order valence-corrected chi connectivity index (χ0v) is 10.5. The van der Waals surface area contributed by atoms with Crippen molar-refractivity contribution in [2.75, 3.05) is 0 Å². The van der Waals surface area contributed by atoms with Gasteiger partial charge in [0.25, 0.3) is 0 Å². The minimum atomic E-state index is -0.869. The van der Waals surface area contributed by atoms with Crippen LogP contribution in [0.25, 0.3) is 0 Å². The first-order valence-corrected chi connectivity index (χ1v) is 6.07. The van der Waals surface area contributed by atoms with E-state index in [1.165, 1.54) is 0 Å². The fourth-order valence-electron chi connectivity index (χ4n) is 1.77. The zero-order chi connectivity index (χ0) is 13.0. The van der Waals surface area contributed by atoms with E-state index < -0.39 is 6.10 Å². The predicted molar refractivity (Wildman–Crippen MR) is 71.8 cm³/mol. The van der Waals surface area contributed by atoms with Crippen LogP contribution >= 0.6 is 11.6 Å². The molecule has 0 aliphatic rings. The summed E-state index contributed by atoms with van der Waals surface area (Å²) in [7, 11) is 0. The third-order valence-corrected chi connectivity index (χ3v) is 3.08. The number of benzene rings is 2. The SMILES string of the molecule is O=C(C[C@@H](O)c1ccccc1Cl)c1ccccc1. The maximum absolute atomic E-state index is 11.9. The number of hydrogen-bond donors (Lipinski definition) is 1. The molecule has 0 saturated carbocycles. The molecule has 2 aromatic carbocycles. The lowest BCUT2D eigenvalue weighted by Crippen LogP contribution is -2.07. The van der Waals surface area contributed by atoms with E-state index in [1.54, 1.807) is 48.5 Å². The Hall–Kier alpha value is -1.64. The van der Waals surface area contributed by atoms with Gasteiger partial charge in [0.05, 0.1) is 6.10 Å². The molecule has 0 bridgehead atoms. The van der Waals surface area contributed by atoms with Gasteiger partial charge in [-0.2, -0.15) is 0 Å². The molecule has 1 N–H and O–H groups in total. The van der Waals surface area contributed by atoms with Crippen molar-refractivity contribution in [2.24, 2.45) is 0 Å². The molecule has 1 atom stereocenters. The molecule has 0 fully saturated rings. The molecule has 0 amide bonds. The van der Waals surface area contributed by atoms with Gasteiger partial charge >= 0.3 is 0 Å². The smallest absolute Gasteiger partial charge is 0.165 e. The van der Waals surface area contributed by atoms with Crippen molar-refractivity contribution < 1.29 is 9.90 Å². The van der Waals surface area contributed by atoms with Gasteiger partial charge in [0.1, 0.15) is 0 Å². The van der Waals surface area contributed by atoms with Crippen molar-refractivity contribution in [3.05, 3.63) is 70.7 Å². The van der Waals surface area contributed by atoms with Gasteiger partial charge in [-0.05, 0) is 11.6 Å². The Kier molecular flexibility index (Phi) is 4.13. The van der Waals surface area contributed by atoms with Gasteiger partial charge in [-0.15, -0.1) is 0 Å². The highest BCUT2D eigenvalue weighted by Crippen LogP contribution is 2.25. The lowest BCUT2D eigenvalue weighted by atomic mass is 10.0. The number of halogens is 1. The summed E-state index contributed by atoms with van der Waals surface area (Å²) in [5, 5.41) is 10.5. The summed E-state index contributed by atoms with van der Waals surface area (Å²) >= 11 is 5.98. The Balaban J connectivity index is 2.11. The number of carbonyl (C=O) groups is 1. The van der Waals surface area contributed by atoms with Crippen LogP contribution in [0.15, 0.2) is 54.6 Å². The van der Waals surface area contributed by atoms with Gasteiger partial charge < -0.3 is 5.11 Å². The Morgan fingerprint density at radius 3 is 2.33 bits per heavy atom. The van der Waals surface area contributed by atoms with E-state index in [9.17, 15) is 9.90 Å². The van der Waals surface area contributed by atoms with Gasteiger partial charge in [0.15, 0.2) is 5.78 Å². The number of Topliss-reactive ketones (excluding diaryl/α,β-unsaturated/α-hetero) is 1. The molecule has 2 aromatic rings. The van der Waals surface area contributed by atoms with Crippen LogP contribution in [0.1, 0.15) is 28.4 Å². The van der Waals surface area contributed by atoms with Crippen LogP contribution in [0, 0.1) is 0 Å². The summed E-state index contributed by atoms with van der Waals surface area (Å²) in [4.78, 5) is 11.9. The summed E-state index contributed by atoms with van der Waals surface area (Å²) in [6.45, 7) is 0. The lowest BCUT2D eigenvalue weighted by molar-refractivity contribution is 0.0880. The molecule has 0 radical (unpaired) electrons. The molecule has 0 spiro atoms. The van der Waals surface area contributed by atoms with Crippen LogP contribution in [0.3, 0.4) is 0 Å². The monoisotopic (exact) mass is 260 g/mol. The summed E-state index contributed by atoms with van der Waals surface area (Å²) in [5.41, 5.74) is 1.19. The fraction of sp³-hybridized carbons (Fsp3) is 0.133. The van der Waals surface area contributed by atoms with Gasteiger partial charge in [0, 0.05) is 17.0 Å². The number of aliphatic hydroxyl groups is 1. The molecule has 0 aliphatic heterocycles. The normalized spacial score (nSPS) is 12.1. The molecule has 0 unspecified atom stereocenters. The minimum Gasteiger partial charge on any atom is -0.388 e. The number of carbonyl (C=O) groups excluding carboxylic acids is 1. The van der Waals surface area contributed by atoms with Gasteiger partial charge in [-0.25, -0.2) is 0 Å². The van der Waals surface area contributed by atoms with Gasteiger partial charge in [0.2, 0.25) is 0 Å². The van der Waals surface area contributed by atoms with E-state index in [0.29, 0.717) is 16.1 Å². The standard InChI is InChI=1S/C15H13ClO2/c16-13-9-5-4-8-12(13)15(18)10-14(17)11-6-2-1-3-7-11/h1-9,15,18H,10H2/t15-/m1/s1. The van der Waals surface area contributed by atoms with E-state index in [0.717, 1.165) is 0 Å². The van der Waals surface area contributed by atoms with Crippen LogP contribution in [-0.4, -0.2) is 10.9 Å². The number of hydrogen-bond acceptors (Lipinski definition) is 2. The minimum absolute atomic E-state index is 0.0355. The molecule has 0 saturated heterocycles. The molecule has 92 valence electrons. The first-order valence-electron chi connectivity index (χ1n) is 5.69. The largest absolute Gasteiger partial charge is 0.388 e. The highest BCUT2D eigenvalue weighted by molar-refractivity contribution is 6.31. The highest BCUT2D eigenvalue weighted by atomic mass is 35.5. The summed E-state index contributed by atoms with van der Waals surface area (Å²) in [6, 6.07) is 15.9. The Morgan fingerprint density at radius 2 is 1.67 bits per heavy atom. The second kappa shape index (κ2) is 5.80. The summed E-state index contributed by atoms with van der Waals surface area (Å²) in [5.74, 6) is -0.0944. The number of rotatable bonds is 4. The lowest BCUT2D eigenvalue weighted by Gasteiger charge is -2.11. The maximum Gasteiger partial charge on any atom is 0.165 e. The quantitative estimate of drug-likeness (QED) is 0.852. The molecule has 2 rings (SSSR count). The second-order valence-electron chi connectivity index (χ2n) is 4.03. The van der Waals surface area contributed by atoms with Crippen molar-refractivity contribution >= 4 is 17.4 Å². The summed E-state index contributed by atoms with van der Waals surface area (Å²) in [6.07, 6.45) is -0.834. The molecule has 18 heavy (non-hydrogen) atoms. The first kappa shape index (κ1) is 12.8. The third kappa shape index (κ3) is 2.97. The van der Waals surface area contributed by atoms with Crippen LogP contribution in [0.4, 0.5) is 0 Å². The Labute approximate surface area is 111 Å². The van der Waals surface area contributed by atoms with Gasteiger partial charge in [-0.3, -0.25) is 4.79 Å². The van der Waals surface area contributed by atoms with Crippen molar-refractivity contribution in [1.82, 2.24) is 0 Å². The molecule has 0 heterocycles. The molecule has 0 aromatic heterocycles. The molecule has 2 nitrogen and oxygen atoms in total. The van der Waals surface area contributed by atoms with Crippen LogP contribution in [-0.2, 0) is 0 Å². The molecule has 3 heteroatoms. The zero-order valence-electron chi connectivity index (χ0n) is 9.71. The van der Waals surface area contributed by atoms with Crippen molar-refractivity contribution in [2.45, 2.75) is 12.5 Å². The average molecular weight is 261 g/mol. The van der Waals surface area contributed by atoms with Gasteiger partial charge in [-0.1, -0.05) is 60.1 Å². The molecular weight excluding hydrogens is 248 g/mol. The maximum atomic E-state index is 11.9. The molecule has 0 aliphatic carbocycles. The molecular formula is C15H13ClO2. The van der Waals surface area contributed by atoms with E-state index in [2.05, 4.69) is 0 Å². The van der Waals surface area contributed by atoms with Crippen LogP contribution < -0.4 is 0 Å². The Bertz CT molecular complexity index is 537. The Morgan fingerprint density at radius 1 is 1.06 bits per heavy atom. The first-order chi connectivity index (χ1) is 8.68. The second-order valence-corrected chi connectivity index (χ2v) is 4.44. The van der Waals surface area contributed by atoms with Crippen molar-refractivity contribution in [3.8, 4) is 0 Å². The van der Waals surface area contributed by atoms with E-state index in [4.69, 9.17) is 11.6 Å². The van der Waals surface area contributed by atoms with E-state index >= 15 is 0 Å². The number of aliphatic hydroxyl groups excluding tert-OH is 1. The van der Waals surface area contributed by atoms with Crippen molar-refractivity contribution in [3.63, 3.8) is 0 Å². The predicted octanol–water partition coefficient (Wildman–Crippen LogP) is 3.65. The van der Waals surface area contributed by atoms with Crippen molar-refractivity contribution in [1.29, 1.82) is 0 Å². The third-order valence-electron chi connectivity index (χ3n) is 2.74. The fourth-order valence-corrected chi connectivity index (χ4v) is 2.03. The topological polar surface area (TPSA) is 37.3 Å². The summed E-state index contributed by atoms with van der Waals surface area (Å²) < 4.78 is 0. The average Bonchev–Trinajstić information content (AvgIpc) is 2.40. The van der Waals surface area contributed by atoms with E-state index in [-0.39, 0.29) is 12.2 Å². The van der Waals surface area contributed by atoms with Crippen LogP contribution in [0.2, 0.25) is 5.02 Å². The number of ketones is 1. The highest BCUT2D eigenvalue weighted by Gasteiger charge is 2.16. The van der Waals surface area contributed by atoms with Crippen LogP contribution in [0.5, 0.6) is 0 Å².